The van der Waals surface area contributed by atoms with E-state index in [0.717, 1.165) is 5.92 Å². The lowest BCUT2D eigenvalue weighted by atomic mass is 10.1. The molecule has 0 atom stereocenters. The van der Waals surface area contributed by atoms with Crippen molar-refractivity contribution in [3.63, 3.8) is 0 Å². The van der Waals surface area contributed by atoms with E-state index in [-0.39, 0.29) is 0 Å². The zero-order chi connectivity index (χ0) is 10.6. The number of rotatable bonds is 4. The average molecular weight is 208 g/mol. The van der Waals surface area contributed by atoms with Gasteiger partial charge in [-0.25, -0.2) is 0 Å². The van der Waals surface area contributed by atoms with E-state index in [9.17, 15) is 0 Å². The monoisotopic (exact) mass is 208 g/mol. The van der Waals surface area contributed by atoms with Gasteiger partial charge in [0.15, 0.2) is 0 Å². The minimum atomic E-state index is 0.659. The third-order valence-electron chi connectivity index (χ3n) is 2.11. The first-order valence-electron chi connectivity index (χ1n) is 5.36. The van der Waals surface area contributed by atoms with E-state index in [1.807, 2.05) is 11.3 Å². The molecule has 0 unspecified atom stereocenters. The summed E-state index contributed by atoms with van der Waals surface area (Å²) in [5, 5.41) is 0. The molecular formula is C13H20S. The van der Waals surface area contributed by atoms with Gasteiger partial charge in [0.05, 0.1) is 0 Å². The van der Waals surface area contributed by atoms with Crippen LogP contribution in [0.25, 0.3) is 6.08 Å². The minimum Gasteiger partial charge on any atom is -0.141 e. The summed E-state index contributed by atoms with van der Waals surface area (Å²) in [7, 11) is 0. The van der Waals surface area contributed by atoms with Crippen molar-refractivity contribution in [2.24, 2.45) is 5.92 Å². The van der Waals surface area contributed by atoms with Crippen molar-refractivity contribution in [3.05, 3.63) is 28.0 Å². The highest BCUT2D eigenvalue weighted by molar-refractivity contribution is 7.13. The molecular weight excluding hydrogens is 188 g/mol. The predicted molar refractivity (Wildman–Crippen MR) is 66.9 cm³/mol. The van der Waals surface area contributed by atoms with Gasteiger partial charge in [0.1, 0.15) is 0 Å². The first kappa shape index (κ1) is 11.5. The van der Waals surface area contributed by atoms with E-state index >= 15 is 0 Å². The Morgan fingerprint density at radius 1 is 1.21 bits per heavy atom. The number of thiophene rings is 1. The zero-order valence-electron chi connectivity index (χ0n) is 9.58. The molecule has 1 aromatic rings. The van der Waals surface area contributed by atoms with E-state index in [4.69, 9.17) is 0 Å². The lowest BCUT2D eigenvalue weighted by Crippen LogP contribution is -1.80. The van der Waals surface area contributed by atoms with Crippen molar-refractivity contribution in [2.75, 3.05) is 0 Å². The second-order valence-corrected chi connectivity index (χ2v) is 5.57. The molecule has 0 radical (unpaired) electrons. The van der Waals surface area contributed by atoms with Crippen LogP contribution in [0.1, 0.15) is 49.8 Å². The van der Waals surface area contributed by atoms with Crippen LogP contribution in [0.3, 0.4) is 0 Å². The van der Waals surface area contributed by atoms with Gasteiger partial charge >= 0.3 is 0 Å². The first-order chi connectivity index (χ1) is 6.59. The maximum atomic E-state index is 2.28. The summed E-state index contributed by atoms with van der Waals surface area (Å²) in [6.45, 7) is 8.98. The molecule has 0 nitrogen and oxygen atoms in total. The van der Waals surface area contributed by atoms with Gasteiger partial charge in [-0.2, -0.15) is 0 Å². The summed E-state index contributed by atoms with van der Waals surface area (Å²) < 4.78 is 0. The lowest BCUT2D eigenvalue weighted by Gasteiger charge is -1.97. The van der Waals surface area contributed by atoms with Crippen LogP contribution in [-0.2, 0) is 0 Å². The predicted octanol–water partition coefficient (Wildman–Crippen LogP) is 4.93. The Bertz CT molecular complexity index is 292. The molecule has 14 heavy (non-hydrogen) atoms. The highest BCUT2D eigenvalue weighted by atomic mass is 32.1. The van der Waals surface area contributed by atoms with Crippen molar-refractivity contribution in [1.82, 2.24) is 0 Å². The molecule has 0 saturated carbocycles. The van der Waals surface area contributed by atoms with E-state index in [2.05, 4.69) is 52.0 Å². The molecule has 0 spiro atoms. The quantitative estimate of drug-likeness (QED) is 0.658. The van der Waals surface area contributed by atoms with E-state index in [1.54, 1.807) is 0 Å². The van der Waals surface area contributed by atoms with Crippen LogP contribution in [0.4, 0.5) is 0 Å². The normalized spacial score (nSPS) is 12.1. The fourth-order valence-electron chi connectivity index (χ4n) is 1.22. The van der Waals surface area contributed by atoms with Crippen LogP contribution in [0.2, 0.25) is 0 Å². The number of hydrogen-bond donors (Lipinski definition) is 0. The molecule has 0 fully saturated rings. The molecule has 0 aliphatic carbocycles. The first-order valence-corrected chi connectivity index (χ1v) is 6.17. The van der Waals surface area contributed by atoms with Crippen molar-refractivity contribution in [2.45, 2.75) is 40.0 Å². The smallest absolute Gasteiger partial charge is 0.0270 e. The second kappa shape index (κ2) is 5.35. The van der Waals surface area contributed by atoms with Crippen LogP contribution in [0, 0.1) is 5.92 Å². The molecule has 0 N–H and O–H groups in total. The van der Waals surface area contributed by atoms with Crippen LogP contribution in [0.15, 0.2) is 18.2 Å². The highest BCUT2D eigenvalue weighted by Gasteiger charge is 2.01. The van der Waals surface area contributed by atoms with Gasteiger partial charge in [-0.1, -0.05) is 33.8 Å². The van der Waals surface area contributed by atoms with E-state index < -0.39 is 0 Å². The van der Waals surface area contributed by atoms with Crippen molar-refractivity contribution < 1.29 is 0 Å². The Labute approximate surface area is 91.7 Å². The summed E-state index contributed by atoms with van der Waals surface area (Å²) in [6, 6.07) is 4.46. The Morgan fingerprint density at radius 2 is 1.93 bits per heavy atom. The molecule has 1 rings (SSSR count). The number of hydrogen-bond acceptors (Lipinski definition) is 1. The Hall–Kier alpha value is -0.560. The largest absolute Gasteiger partial charge is 0.141 e. The summed E-state index contributed by atoms with van der Waals surface area (Å²) in [5.74, 6) is 1.42. The van der Waals surface area contributed by atoms with Gasteiger partial charge in [-0.15, -0.1) is 11.3 Å². The number of allylic oxidation sites excluding steroid dienone is 1. The lowest BCUT2D eigenvalue weighted by molar-refractivity contribution is 0.665. The Kier molecular flexibility index (Phi) is 4.40. The molecule has 1 heterocycles. The maximum absolute atomic E-state index is 2.28. The molecule has 0 bridgehead atoms. The molecule has 1 heteroatoms. The molecule has 78 valence electrons. The summed E-state index contributed by atoms with van der Waals surface area (Å²) >= 11 is 1.91. The highest BCUT2D eigenvalue weighted by Crippen LogP contribution is 2.25. The van der Waals surface area contributed by atoms with Gasteiger partial charge in [0.2, 0.25) is 0 Å². The maximum Gasteiger partial charge on any atom is 0.0270 e. The van der Waals surface area contributed by atoms with Crippen LogP contribution in [-0.4, -0.2) is 0 Å². The fourth-order valence-corrected chi connectivity index (χ4v) is 2.17. The van der Waals surface area contributed by atoms with Gasteiger partial charge in [-0.3, -0.25) is 0 Å². The van der Waals surface area contributed by atoms with Crippen LogP contribution < -0.4 is 0 Å². The summed E-state index contributed by atoms with van der Waals surface area (Å²) in [5.41, 5.74) is 0. The molecule has 0 aliphatic heterocycles. The molecule has 0 aromatic carbocycles. The van der Waals surface area contributed by atoms with Gasteiger partial charge < -0.3 is 0 Å². The van der Waals surface area contributed by atoms with Crippen molar-refractivity contribution >= 4 is 17.4 Å². The van der Waals surface area contributed by atoms with Crippen molar-refractivity contribution in [3.8, 4) is 0 Å². The molecule has 0 aliphatic rings. The second-order valence-electron chi connectivity index (χ2n) is 4.43. The van der Waals surface area contributed by atoms with E-state index in [0.29, 0.717) is 5.92 Å². The van der Waals surface area contributed by atoms with Gasteiger partial charge in [-0.05, 0) is 36.5 Å². The third-order valence-corrected chi connectivity index (χ3v) is 3.46. The van der Waals surface area contributed by atoms with Gasteiger partial charge in [0.25, 0.3) is 0 Å². The average Bonchev–Trinajstić information content (AvgIpc) is 2.52. The minimum absolute atomic E-state index is 0.659. The van der Waals surface area contributed by atoms with Gasteiger partial charge in [0, 0.05) is 9.75 Å². The zero-order valence-corrected chi connectivity index (χ0v) is 10.4. The van der Waals surface area contributed by atoms with Crippen LogP contribution in [0.5, 0.6) is 0 Å². The molecule has 1 aromatic heterocycles. The molecule has 0 saturated heterocycles. The fraction of sp³-hybridized carbons (Fsp3) is 0.538. The third kappa shape index (κ3) is 3.67. The standard InChI is InChI=1S/C13H20S/c1-10(2)6-5-7-12-8-9-13(14-12)11(3)4/h5,7-11H,6H2,1-4H3/b7-5-. The SMILES string of the molecule is CC(C)C/C=C\c1ccc(C(C)C)s1. The molecule has 0 amide bonds. The van der Waals surface area contributed by atoms with Crippen molar-refractivity contribution in [1.29, 1.82) is 0 Å². The van der Waals surface area contributed by atoms with Crippen LogP contribution >= 0.6 is 11.3 Å². The summed E-state index contributed by atoms with van der Waals surface area (Å²) in [4.78, 5) is 2.86. The van der Waals surface area contributed by atoms with E-state index in [1.165, 1.54) is 16.2 Å². The summed E-state index contributed by atoms with van der Waals surface area (Å²) in [6.07, 6.45) is 5.70. The topological polar surface area (TPSA) is 0 Å². The Balaban J connectivity index is 2.55. The Morgan fingerprint density at radius 3 is 2.43 bits per heavy atom.